The first-order valence-corrected chi connectivity index (χ1v) is 4.39. The quantitative estimate of drug-likeness (QED) is 0.589. The van der Waals surface area contributed by atoms with E-state index >= 15 is 0 Å². The summed E-state index contributed by atoms with van der Waals surface area (Å²) in [6, 6.07) is 6.44. The molecular weight excluding hydrogens is 208 g/mol. The van der Waals surface area contributed by atoms with E-state index < -0.39 is 5.63 Å². The maximum absolute atomic E-state index is 11.0. The lowest BCUT2D eigenvalue weighted by atomic mass is 10.1. The van der Waals surface area contributed by atoms with Crippen LogP contribution >= 0.6 is 0 Å². The lowest BCUT2D eigenvalue weighted by Gasteiger charge is -1.99. The number of hydrogen-bond donors (Lipinski definition) is 1. The molecule has 16 heavy (non-hydrogen) atoms. The number of phenolic OH excluding ortho intramolecular Hbond substituents is 1. The summed E-state index contributed by atoms with van der Waals surface area (Å²) in [5, 5.41) is 11.2. The van der Waals surface area contributed by atoms with Crippen molar-refractivity contribution >= 4 is 21.9 Å². The van der Waals surface area contributed by atoms with Crippen LogP contribution in [-0.2, 0) is 0 Å². The van der Waals surface area contributed by atoms with Gasteiger partial charge in [-0.1, -0.05) is 7.43 Å². The van der Waals surface area contributed by atoms with Gasteiger partial charge >= 0.3 is 5.63 Å². The highest BCUT2D eigenvalue weighted by Crippen LogP contribution is 2.33. The molecule has 0 unspecified atom stereocenters. The predicted octanol–water partition coefficient (Wildman–Crippen LogP) is 2.88. The molecule has 4 heteroatoms. The van der Waals surface area contributed by atoms with Crippen LogP contribution in [0.5, 0.6) is 5.75 Å². The highest BCUT2D eigenvalue weighted by atomic mass is 16.4. The normalized spacial score (nSPS) is 10.5. The Bertz CT molecular complexity index is 706. The van der Waals surface area contributed by atoms with Crippen LogP contribution in [0.1, 0.15) is 7.43 Å². The van der Waals surface area contributed by atoms with Crippen LogP contribution in [0.3, 0.4) is 0 Å². The number of hydrogen-bond acceptors (Lipinski definition) is 4. The fraction of sp³-hybridized carbons (Fsp3) is 0.0833. The second kappa shape index (κ2) is 3.41. The van der Waals surface area contributed by atoms with Gasteiger partial charge in [0.15, 0.2) is 11.2 Å². The fourth-order valence-corrected chi connectivity index (χ4v) is 1.62. The minimum absolute atomic E-state index is 0. The molecule has 0 saturated heterocycles. The average Bonchev–Trinajstić information content (AvgIpc) is 2.68. The third kappa shape index (κ3) is 1.27. The Labute approximate surface area is 90.7 Å². The van der Waals surface area contributed by atoms with Crippen LogP contribution in [0.15, 0.2) is 44.2 Å². The minimum atomic E-state index is -0.497. The Hall–Kier alpha value is -2.23. The molecule has 0 saturated carbocycles. The summed E-state index contributed by atoms with van der Waals surface area (Å²) in [6.07, 6.45) is 1.47. The van der Waals surface area contributed by atoms with Gasteiger partial charge in [-0.3, -0.25) is 0 Å². The summed E-state index contributed by atoms with van der Waals surface area (Å²) in [5.41, 5.74) is -0.00879. The van der Waals surface area contributed by atoms with Gasteiger partial charge in [0.05, 0.1) is 6.26 Å². The fourth-order valence-electron chi connectivity index (χ4n) is 1.62. The van der Waals surface area contributed by atoms with Crippen molar-refractivity contribution in [2.75, 3.05) is 0 Å². The van der Waals surface area contributed by atoms with E-state index in [9.17, 15) is 9.90 Å². The molecule has 0 aliphatic carbocycles. The van der Waals surface area contributed by atoms with E-state index in [0.29, 0.717) is 11.0 Å². The second-order valence-corrected chi connectivity index (χ2v) is 3.24. The molecule has 2 aromatic heterocycles. The largest absolute Gasteiger partial charge is 0.502 e. The van der Waals surface area contributed by atoms with Crippen LogP contribution in [0, 0.1) is 0 Å². The summed E-state index contributed by atoms with van der Waals surface area (Å²) in [7, 11) is 0. The van der Waals surface area contributed by atoms with Gasteiger partial charge in [0.25, 0.3) is 0 Å². The molecule has 0 aliphatic heterocycles. The molecule has 1 aromatic carbocycles. The number of aromatic hydroxyl groups is 1. The van der Waals surface area contributed by atoms with Gasteiger partial charge in [-0.2, -0.15) is 0 Å². The summed E-state index contributed by atoms with van der Waals surface area (Å²) in [4.78, 5) is 11.0. The smallest absolute Gasteiger partial charge is 0.336 e. The molecule has 4 nitrogen and oxygen atoms in total. The number of benzene rings is 1. The van der Waals surface area contributed by atoms with Crippen molar-refractivity contribution in [3.8, 4) is 5.75 Å². The molecule has 1 N–H and O–H groups in total. The molecule has 3 aromatic rings. The van der Waals surface area contributed by atoms with E-state index in [2.05, 4.69) is 0 Å². The standard InChI is InChI=1S/C11H6O4.CH4/c12-8-2-1-6-5-7-3-4-14-10(7)9(13)11(6)15-8;/h1-5,13H;1H4. The number of furan rings is 1. The molecule has 0 amide bonds. The molecule has 0 aliphatic rings. The topological polar surface area (TPSA) is 63.6 Å². The highest BCUT2D eigenvalue weighted by molar-refractivity contribution is 5.99. The van der Waals surface area contributed by atoms with Crippen LogP contribution < -0.4 is 5.63 Å². The molecule has 3 rings (SSSR count). The average molecular weight is 218 g/mol. The lowest BCUT2D eigenvalue weighted by molar-refractivity contribution is 0.449. The molecule has 0 bridgehead atoms. The van der Waals surface area contributed by atoms with Crippen molar-refractivity contribution in [1.82, 2.24) is 0 Å². The summed E-state index contributed by atoms with van der Waals surface area (Å²) in [5.74, 6) is -0.134. The second-order valence-electron chi connectivity index (χ2n) is 3.24. The maximum atomic E-state index is 11.0. The van der Waals surface area contributed by atoms with Gasteiger partial charge in [0.1, 0.15) is 0 Å². The molecule has 2 heterocycles. The number of phenols is 1. The van der Waals surface area contributed by atoms with Crippen LogP contribution in [0.25, 0.3) is 21.9 Å². The van der Waals surface area contributed by atoms with E-state index in [4.69, 9.17) is 8.83 Å². The van der Waals surface area contributed by atoms with Crippen LogP contribution in [0.4, 0.5) is 0 Å². The molecule has 0 spiro atoms. The first-order chi connectivity index (χ1) is 7.25. The summed E-state index contributed by atoms with van der Waals surface area (Å²) >= 11 is 0. The first-order valence-electron chi connectivity index (χ1n) is 4.39. The zero-order chi connectivity index (χ0) is 10.4. The third-order valence-electron chi connectivity index (χ3n) is 2.30. The van der Waals surface area contributed by atoms with Gasteiger partial charge in [0, 0.05) is 16.8 Å². The molecular formula is C12H10O4. The number of fused-ring (bicyclic) bond motifs is 2. The van der Waals surface area contributed by atoms with E-state index in [1.54, 1.807) is 18.2 Å². The van der Waals surface area contributed by atoms with E-state index in [0.717, 1.165) is 5.39 Å². The van der Waals surface area contributed by atoms with Gasteiger partial charge in [-0.25, -0.2) is 4.79 Å². The van der Waals surface area contributed by atoms with Crippen molar-refractivity contribution in [1.29, 1.82) is 0 Å². The molecule has 0 radical (unpaired) electrons. The Balaban J connectivity index is 0.000000963. The SMILES string of the molecule is C.O=c1ccc2cc3ccoc3c(O)c2o1. The van der Waals surface area contributed by atoms with Gasteiger partial charge < -0.3 is 13.9 Å². The van der Waals surface area contributed by atoms with Gasteiger partial charge in [-0.05, 0) is 18.2 Å². The Morgan fingerprint density at radius 1 is 1.06 bits per heavy atom. The minimum Gasteiger partial charge on any atom is -0.502 e. The highest BCUT2D eigenvalue weighted by Gasteiger charge is 2.11. The van der Waals surface area contributed by atoms with Gasteiger partial charge in [-0.15, -0.1) is 0 Å². The first kappa shape index (κ1) is 10.3. The van der Waals surface area contributed by atoms with Crippen molar-refractivity contribution in [2.24, 2.45) is 0 Å². The Kier molecular flexibility index (Phi) is 2.20. The Morgan fingerprint density at radius 3 is 2.62 bits per heavy atom. The third-order valence-corrected chi connectivity index (χ3v) is 2.30. The summed E-state index contributed by atoms with van der Waals surface area (Å²) < 4.78 is 9.99. The zero-order valence-corrected chi connectivity index (χ0v) is 7.56. The Morgan fingerprint density at radius 2 is 1.81 bits per heavy atom. The van der Waals surface area contributed by atoms with Crippen LogP contribution in [-0.4, -0.2) is 5.11 Å². The van der Waals surface area contributed by atoms with E-state index in [1.807, 2.05) is 0 Å². The summed E-state index contributed by atoms with van der Waals surface area (Å²) in [6.45, 7) is 0. The number of rotatable bonds is 0. The predicted molar refractivity (Wildman–Crippen MR) is 60.7 cm³/mol. The lowest BCUT2D eigenvalue weighted by Crippen LogP contribution is -1.94. The molecule has 82 valence electrons. The van der Waals surface area contributed by atoms with Crippen LogP contribution in [0.2, 0.25) is 0 Å². The van der Waals surface area contributed by atoms with Crippen molar-refractivity contribution in [3.05, 3.63) is 40.9 Å². The van der Waals surface area contributed by atoms with E-state index in [1.165, 1.54) is 12.3 Å². The molecule has 0 fully saturated rings. The van der Waals surface area contributed by atoms with Crippen molar-refractivity contribution < 1.29 is 13.9 Å². The van der Waals surface area contributed by atoms with E-state index in [-0.39, 0.29) is 18.8 Å². The monoisotopic (exact) mass is 218 g/mol. The van der Waals surface area contributed by atoms with Crippen molar-refractivity contribution in [3.63, 3.8) is 0 Å². The maximum Gasteiger partial charge on any atom is 0.336 e. The molecule has 0 atom stereocenters. The zero-order valence-electron chi connectivity index (χ0n) is 7.56. The van der Waals surface area contributed by atoms with Crippen molar-refractivity contribution in [2.45, 2.75) is 7.43 Å². The van der Waals surface area contributed by atoms with Gasteiger partial charge in [0.2, 0.25) is 5.75 Å².